The topological polar surface area (TPSA) is 79.6 Å². The monoisotopic (exact) mass is 352 g/mol. The highest BCUT2D eigenvalue weighted by Gasteiger charge is 2.19. The van der Waals surface area contributed by atoms with E-state index >= 15 is 0 Å². The molecule has 7 nitrogen and oxygen atoms in total. The summed E-state index contributed by atoms with van der Waals surface area (Å²) in [7, 11) is 0. The minimum absolute atomic E-state index is 0.0164. The van der Waals surface area contributed by atoms with Crippen LogP contribution < -0.4 is 0 Å². The maximum absolute atomic E-state index is 12.3. The van der Waals surface area contributed by atoms with E-state index in [4.69, 9.17) is 0 Å². The maximum Gasteiger partial charge on any atom is 0.270 e. The summed E-state index contributed by atoms with van der Waals surface area (Å²) in [5.41, 5.74) is 1.68. The lowest BCUT2D eigenvalue weighted by Crippen LogP contribution is -2.47. The van der Waals surface area contributed by atoms with Gasteiger partial charge in [-0.1, -0.05) is 18.2 Å². The number of nitrogens with zero attached hydrogens (tertiary/aromatic N) is 4. The fraction of sp³-hybridized carbons (Fsp3) is 0.263. The van der Waals surface area contributed by atoms with Crippen LogP contribution in [0.4, 0.5) is 5.69 Å². The lowest BCUT2D eigenvalue weighted by molar-refractivity contribution is -0.384. The SMILES string of the molecule is O=C(/C=C/c1cccc([N+](=O)[O-])c1)N1CCN(Cc2ccccn2)CC1. The predicted molar refractivity (Wildman–Crippen MR) is 98.2 cm³/mol. The molecule has 134 valence electrons. The van der Waals surface area contributed by atoms with E-state index < -0.39 is 4.92 Å². The van der Waals surface area contributed by atoms with Gasteiger partial charge in [-0.2, -0.15) is 0 Å². The summed E-state index contributed by atoms with van der Waals surface area (Å²) in [6.45, 7) is 3.70. The summed E-state index contributed by atoms with van der Waals surface area (Å²) >= 11 is 0. The first-order valence-electron chi connectivity index (χ1n) is 8.45. The Bertz CT molecular complexity index is 799. The van der Waals surface area contributed by atoms with Gasteiger partial charge < -0.3 is 4.90 Å². The summed E-state index contributed by atoms with van der Waals surface area (Å²) in [6, 6.07) is 12.1. The Morgan fingerprint density at radius 1 is 1.15 bits per heavy atom. The van der Waals surface area contributed by atoms with E-state index in [1.165, 1.54) is 18.2 Å². The van der Waals surface area contributed by atoms with Crippen LogP contribution in [0.25, 0.3) is 6.08 Å². The third kappa shape index (κ3) is 4.73. The van der Waals surface area contributed by atoms with E-state index in [2.05, 4.69) is 9.88 Å². The Hall–Kier alpha value is -3.06. The molecule has 0 bridgehead atoms. The van der Waals surface area contributed by atoms with Crippen molar-refractivity contribution >= 4 is 17.7 Å². The fourth-order valence-electron chi connectivity index (χ4n) is 2.86. The van der Waals surface area contributed by atoms with Crippen molar-refractivity contribution in [2.75, 3.05) is 26.2 Å². The van der Waals surface area contributed by atoms with E-state index in [0.717, 1.165) is 25.3 Å². The smallest absolute Gasteiger partial charge is 0.270 e. The number of pyridine rings is 1. The normalized spacial score (nSPS) is 15.3. The Kier molecular flexibility index (Phi) is 5.70. The van der Waals surface area contributed by atoms with Crippen LogP contribution in [-0.4, -0.2) is 51.8 Å². The first-order valence-corrected chi connectivity index (χ1v) is 8.45. The average Bonchev–Trinajstić information content (AvgIpc) is 2.68. The standard InChI is InChI=1S/C19H20N4O3/c24-19(8-7-16-4-3-6-18(14-16)23(25)26)22-12-10-21(11-13-22)15-17-5-1-2-9-20-17/h1-9,14H,10-13,15H2/b8-7+. The molecule has 0 spiro atoms. The molecule has 0 atom stereocenters. The van der Waals surface area contributed by atoms with Gasteiger partial charge in [0.25, 0.3) is 5.69 Å². The Morgan fingerprint density at radius 3 is 2.65 bits per heavy atom. The molecule has 1 aromatic carbocycles. The molecule has 26 heavy (non-hydrogen) atoms. The van der Waals surface area contributed by atoms with Crippen LogP contribution in [0.5, 0.6) is 0 Å². The van der Waals surface area contributed by atoms with E-state index in [9.17, 15) is 14.9 Å². The van der Waals surface area contributed by atoms with Gasteiger partial charge in [-0.25, -0.2) is 0 Å². The van der Waals surface area contributed by atoms with Crippen LogP contribution in [0, 0.1) is 10.1 Å². The first-order chi connectivity index (χ1) is 12.6. The van der Waals surface area contributed by atoms with Gasteiger partial charge in [0.2, 0.25) is 5.91 Å². The Labute approximate surface area is 151 Å². The van der Waals surface area contributed by atoms with Crippen LogP contribution in [0.2, 0.25) is 0 Å². The van der Waals surface area contributed by atoms with Crippen molar-refractivity contribution < 1.29 is 9.72 Å². The van der Waals surface area contributed by atoms with Crippen LogP contribution >= 0.6 is 0 Å². The second kappa shape index (κ2) is 8.35. The molecule has 1 amide bonds. The number of aromatic nitrogens is 1. The number of nitro groups is 1. The second-order valence-corrected chi connectivity index (χ2v) is 6.11. The van der Waals surface area contributed by atoms with Crippen molar-refractivity contribution in [3.63, 3.8) is 0 Å². The molecule has 2 aromatic rings. The number of hydrogen-bond donors (Lipinski definition) is 0. The van der Waals surface area contributed by atoms with E-state index in [1.54, 1.807) is 29.3 Å². The highest BCUT2D eigenvalue weighted by molar-refractivity contribution is 5.91. The number of non-ortho nitro benzene ring substituents is 1. The number of rotatable bonds is 5. The summed E-state index contributed by atoms with van der Waals surface area (Å²) < 4.78 is 0. The summed E-state index contributed by atoms with van der Waals surface area (Å²) in [4.78, 5) is 31.1. The van der Waals surface area contributed by atoms with Gasteiger partial charge in [0.15, 0.2) is 0 Å². The van der Waals surface area contributed by atoms with Crippen molar-refractivity contribution in [3.05, 3.63) is 76.1 Å². The molecule has 1 aliphatic heterocycles. The van der Waals surface area contributed by atoms with Gasteiger partial charge in [-0.3, -0.25) is 24.8 Å². The molecule has 1 aliphatic rings. The summed E-state index contributed by atoms with van der Waals surface area (Å²) in [6.07, 6.45) is 4.89. The van der Waals surface area contributed by atoms with Crippen molar-refractivity contribution in [1.29, 1.82) is 0 Å². The molecule has 2 heterocycles. The molecular weight excluding hydrogens is 332 g/mol. The van der Waals surface area contributed by atoms with Crippen LogP contribution in [-0.2, 0) is 11.3 Å². The fourth-order valence-corrected chi connectivity index (χ4v) is 2.86. The number of carbonyl (C=O) groups is 1. The van der Waals surface area contributed by atoms with Crippen LogP contribution in [0.3, 0.4) is 0 Å². The predicted octanol–water partition coefficient (Wildman–Crippen LogP) is 2.35. The Balaban J connectivity index is 1.52. The molecule has 0 radical (unpaired) electrons. The molecule has 0 saturated carbocycles. The zero-order chi connectivity index (χ0) is 18.4. The van der Waals surface area contributed by atoms with Gasteiger partial charge in [0.1, 0.15) is 0 Å². The number of piperazine rings is 1. The van der Waals surface area contributed by atoms with Gasteiger partial charge in [0.05, 0.1) is 10.6 Å². The zero-order valence-electron chi connectivity index (χ0n) is 14.3. The van der Waals surface area contributed by atoms with Crippen LogP contribution in [0.15, 0.2) is 54.7 Å². The third-order valence-electron chi connectivity index (χ3n) is 4.30. The zero-order valence-corrected chi connectivity index (χ0v) is 14.3. The molecule has 1 fully saturated rings. The van der Waals surface area contributed by atoms with E-state index in [0.29, 0.717) is 18.7 Å². The van der Waals surface area contributed by atoms with Crippen LogP contribution in [0.1, 0.15) is 11.3 Å². The molecule has 7 heteroatoms. The molecule has 0 unspecified atom stereocenters. The average molecular weight is 352 g/mol. The molecular formula is C19H20N4O3. The molecule has 0 N–H and O–H groups in total. The number of nitro benzene ring substituents is 1. The van der Waals surface area contributed by atoms with E-state index in [1.807, 2.05) is 18.2 Å². The quantitative estimate of drug-likeness (QED) is 0.469. The highest BCUT2D eigenvalue weighted by atomic mass is 16.6. The first kappa shape index (κ1) is 17.8. The Morgan fingerprint density at radius 2 is 1.96 bits per heavy atom. The van der Waals surface area contributed by atoms with Crippen molar-refractivity contribution in [3.8, 4) is 0 Å². The number of benzene rings is 1. The maximum atomic E-state index is 12.3. The van der Waals surface area contributed by atoms with E-state index in [-0.39, 0.29) is 11.6 Å². The number of amides is 1. The summed E-state index contributed by atoms with van der Waals surface area (Å²) in [5, 5.41) is 10.8. The minimum atomic E-state index is -0.444. The highest BCUT2D eigenvalue weighted by Crippen LogP contribution is 2.14. The third-order valence-corrected chi connectivity index (χ3v) is 4.30. The molecule has 1 aromatic heterocycles. The van der Waals surface area contributed by atoms with Gasteiger partial charge in [0, 0.05) is 57.1 Å². The van der Waals surface area contributed by atoms with Gasteiger partial charge in [-0.15, -0.1) is 0 Å². The largest absolute Gasteiger partial charge is 0.337 e. The number of carbonyl (C=O) groups excluding carboxylic acids is 1. The van der Waals surface area contributed by atoms with Gasteiger partial charge >= 0.3 is 0 Å². The molecule has 0 aliphatic carbocycles. The minimum Gasteiger partial charge on any atom is -0.337 e. The summed E-state index contributed by atoms with van der Waals surface area (Å²) in [5.74, 6) is -0.0750. The van der Waals surface area contributed by atoms with Crippen molar-refractivity contribution in [1.82, 2.24) is 14.8 Å². The second-order valence-electron chi connectivity index (χ2n) is 6.11. The van der Waals surface area contributed by atoms with Crippen molar-refractivity contribution in [2.24, 2.45) is 0 Å². The lowest BCUT2D eigenvalue weighted by Gasteiger charge is -2.34. The lowest BCUT2D eigenvalue weighted by atomic mass is 10.2. The van der Waals surface area contributed by atoms with Gasteiger partial charge in [-0.05, 0) is 23.8 Å². The molecule has 1 saturated heterocycles. The number of hydrogen-bond acceptors (Lipinski definition) is 5. The van der Waals surface area contributed by atoms with Crippen molar-refractivity contribution in [2.45, 2.75) is 6.54 Å². The molecule has 3 rings (SSSR count).